The predicted molar refractivity (Wildman–Crippen MR) is 119 cm³/mol. The van der Waals surface area contributed by atoms with E-state index in [0.29, 0.717) is 6.42 Å². The molecule has 0 aromatic carbocycles. The Hall–Kier alpha value is -1.06. The molecule has 2 atom stereocenters. The van der Waals surface area contributed by atoms with Crippen molar-refractivity contribution < 1.29 is 19.8 Å². The van der Waals surface area contributed by atoms with Gasteiger partial charge in [0.15, 0.2) is 0 Å². The van der Waals surface area contributed by atoms with Crippen molar-refractivity contribution in [2.24, 2.45) is 17.3 Å². The molecular weight excluding hydrogens is 364 g/mol. The summed E-state index contributed by atoms with van der Waals surface area (Å²) in [6.45, 7) is 3.93. The topological polar surface area (TPSA) is 74.6 Å². The van der Waals surface area contributed by atoms with E-state index < -0.39 is 23.3 Å². The van der Waals surface area contributed by atoms with Crippen LogP contribution in [0.3, 0.4) is 0 Å². The first-order valence-electron chi connectivity index (χ1n) is 12.4. The van der Waals surface area contributed by atoms with Gasteiger partial charge in [-0.3, -0.25) is 9.59 Å². The molecule has 0 bridgehead atoms. The quantitative estimate of drug-likeness (QED) is 0.244. The molecule has 0 aromatic rings. The summed E-state index contributed by atoms with van der Waals surface area (Å²) < 4.78 is 0. The number of carbonyl (C=O) groups is 2. The maximum Gasteiger partial charge on any atom is 0.310 e. The van der Waals surface area contributed by atoms with Crippen LogP contribution in [0.2, 0.25) is 0 Å². The fourth-order valence-corrected chi connectivity index (χ4v) is 5.19. The van der Waals surface area contributed by atoms with Gasteiger partial charge in [-0.1, -0.05) is 103 Å². The van der Waals surface area contributed by atoms with Crippen LogP contribution in [0.5, 0.6) is 0 Å². The van der Waals surface area contributed by atoms with Crippen molar-refractivity contribution in [3.63, 3.8) is 0 Å². The van der Waals surface area contributed by atoms with Crippen LogP contribution < -0.4 is 0 Å². The SMILES string of the molecule is CCCCCCCCCCCCCCC(C)(C(=O)O)C(C(=O)O)C1CCCCC1. The highest BCUT2D eigenvalue weighted by molar-refractivity contribution is 5.83. The molecule has 1 aliphatic carbocycles. The van der Waals surface area contributed by atoms with E-state index in [4.69, 9.17) is 0 Å². The molecular formula is C25H46O4. The van der Waals surface area contributed by atoms with Crippen LogP contribution in [0.15, 0.2) is 0 Å². The maximum absolute atomic E-state index is 12.1. The summed E-state index contributed by atoms with van der Waals surface area (Å²) in [7, 11) is 0. The Balaban J connectivity index is 2.30. The molecule has 4 heteroatoms. The molecule has 1 saturated carbocycles. The van der Waals surface area contributed by atoms with E-state index in [-0.39, 0.29) is 5.92 Å². The second kappa shape index (κ2) is 14.8. The third-order valence-electron chi connectivity index (χ3n) is 7.11. The number of aliphatic carboxylic acids is 2. The van der Waals surface area contributed by atoms with Gasteiger partial charge >= 0.3 is 11.9 Å². The number of hydrogen-bond donors (Lipinski definition) is 2. The van der Waals surface area contributed by atoms with Crippen LogP contribution in [-0.2, 0) is 9.59 Å². The van der Waals surface area contributed by atoms with Crippen molar-refractivity contribution in [2.75, 3.05) is 0 Å². The van der Waals surface area contributed by atoms with E-state index in [9.17, 15) is 19.8 Å². The first-order chi connectivity index (χ1) is 13.9. The fraction of sp³-hybridized carbons (Fsp3) is 0.920. The smallest absolute Gasteiger partial charge is 0.310 e. The monoisotopic (exact) mass is 410 g/mol. The van der Waals surface area contributed by atoms with E-state index in [2.05, 4.69) is 6.92 Å². The minimum absolute atomic E-state index is 0.0136. The lowest BCUT2D eigenvalue weighted by Gasteiger charge is -2.38. The molecule has 0 heterocycles. The van der Waals surface area contributed by atoms with Gasteiger partial charge in [0.25, 0.3) is 0 Å². The van der Waals surface area contributed by atoms with Gasteiger partial charge in [0.2, 0.25) is 0 Å². The van der Waals surface area contributed by atoms with E-state index in [0.717, 1.165) is 51.4 Å². The van der Waals surface area contributed by atoms with Crippen LogP contribution >= 0.6 is 0 Å². The van der Waals surface area contributed by atoms with Crippen LogP contribution in [0.4, 0.5) is 0 Å². The van der Waals surface area contributed by atoms with E-state index in [1.165, 1.54) is 57.8 Å². The molecule has 1 fully saturated rings. The number of hydrogen-bond acceptors (Lipinski definition) is 2. The molecule has 0 amide bonds. The Morgan fingerprint density at radius 2 is 1.24 bits per heavy atom. The lowest BCUT2D eigenvalue weighted by atomic mass is 9.64. The van der Waals surface area contributed by atoms with Gasteiger partial charge < -0.3 is 10.2 Å². The highest BCUT2D eigenvalue weighted by Gasteiger charge is 2.48. The van der Waals surface area contributed by atoms with Crippen LogP contribution in [0.25, 0.3) is 0 Å². The summed E-state index contributed by atoms with van der Waals surface area (Å²) >= 11 is 0. The highest BCUT2D eigenvalue weighted by atomic mass is 16.4. The number of rotatable bonds is 17. The zero-order valence-corrected chi connectivity index (χ0v) is 19.1. The van der Waals surface area contributed by atoms with Gasteiger partial charge in [0, 0.05) is 0 Å². The number of carboxylic acids is 2. The molecule has 1 aliphatic rings. The Morgan fingerprint density at radius 1 is 0.793 bits per heavy atom. The Morgan fingerprint density at radius 3 is 1.66 bits per heavy atom. The van der Waals surface area contributed by atoms with Gasteiger partial charge in [-0.2, -0.15) is 0 Å². The average molecular weight is 411 g/mol. The first-order valence-corrected chi connectivity index (χ1v) is 12.4. The molecule has 2 N–H and O–H groups in total. The third kappa shape index (κ3) is 9.53. The van der Waals surface area contributed by atoms with Crippen molar-refractivity contribution in [3.8, 4) is 0 Å². The molecule has 0 aromatic heterocycles. The van der Waals surface area contributed by atoms with E-state index in [1.54, 1.807) is 6.92 Å². The van der Waals surface area contributed by atoms with E-state index >= 15 is 0 Å². The molecule has 4 nitrogen and oxygen atoms in total. The first kappa shape index (κ1) is 26.0. The van der Waals surface area contributed by atoms with Gasteiger partial charge in [-0.05, 0) is 32.1 Å². The number of unbranched alkanes of at least 4 members (excludes halogenated alkanes) is 11. The average Bonchev–Trinajstić information content (AvgIpc) is 2.69. The van der Waals surface area contributed by atoms with Crippen molar-refractivity contribution in [1.82, 2.24) is 0 Å². The summed E-state index contributed by atoms with van der Waals surface area (Å²) in [5, 5.41) is 19.7. The molecule has 0 radical (unpaired) electrons. The Bertz CT molecular complexity index is 456. The second-order valence-electron chi connectivity index (χ2n) is 9.58. The predicted octanol–water partition coefficient (Wildman–Crippen LogP) is 7.45. The summed E-state index contributed by atoms with van der Waals surface area (Å²) in [5.41, 5.74) is -1.15. The summed E-state index contributed by atoms with van der Waals surface area (Å²) in [6.07, 6.45) is 20.2. The van der Waals surface area contributed by atoms with Crippen molar-refractivity contribution in [2.45, 2.75) is 129 Å². The zero-order chi connectivity index (χ0) is 21.5. The molecule has 2 unspecified atom stereocenters. The molecule has 1 rings (SSSR count). The Labute approximate surface area is 178 Å². The van der Waals surface area contributed by atoms with Gasteiger partial charge in [0.1, 0.15) is 0 Å². The maximum atomic E-state index is 12.1. The molecule has 29 heavy (non-hydrogen) atoms. The Kier molecular flexibility index (Phi) is 13.3. The zero-order valence-electron chi connectivity index (χ0n) is 19.1. The highest BCUT2D eigenvalue weighted by Crippen LogP contribution is 2.43. The molecule has 0 aliphatic heterocycles. The van der Waals surface area contributed by atoms with Crippen molar-refractivity contribution in [1.29, 1.82) is 0 Å². The van der Waals surface area contributed by atoms with Crippen LogP contribution in [0, 0.1) is 17.3 Å². The van der Waals surface area contributed by atoms with Gasteiger partial charge in [-0.15, -0.1) is 0 Å². The van der Waals surface area contributed by atoms with Crippen LogP contribution in [-0.4, -0.2) is 22.2 Å². The lowest BCUT2D eigenvalue weighted by Crippen LogP contribution is -2.45. The third-order valence-corrected chi connectivity index (χ3v) is 7.11. The summed E-state index contributed by atoms with van der Waals surface area (Å²) in [6, 6.07) is 0. The largest absolute Gasteiger partial charge is 0.481 e. The van der Waals surface area contributed by atoms with Gasteiger partial charge in [0.05, 0.1) is 11.3 Å². The second-order valence-corrected chi connectivity index (χ2v) is 9.58. The van der Waals surface area contributed by atoms with E-state index in [1.807, 2.05) is 0 Å². The summed E-state index contributed by atoms with van der Waals surface area (Å²) in [4.78, 5) is 24.1. The number of carboxylic acid groups (broad SMARTS) is 2. The minimum atomic E-state index is -1.15. The van der Waals surface area contributed by atoms with Gasteiger partial charge in [-0.25, -0.2) is 0 Å². The van der Waals surface area contributed by atoms with Crippen molar-refractivity contribution >= 4 is 11.9 Å². The minimum Gasteiger partial charge on any atom is -0.481 e. The standard InChI is InChI=1S/C25H46O4/c1-3-4-5-6-7-8-9-10-11-12-13-17-20-25(2,24(28)29)22(23(26)27)21-18-15-14-16-19-21/h21-22H,3-20H2,1-2H3,(H,26,27)(H,28,29). The van der Waals surface area contributed by atoms with Crippen LogP contribution in [0.1, 0.15) is 129 Å². The molecule has 0 saturated heterocycles. The lowest BCUT2D eigenvalue weighted by molar-refractivity contribution is -0.166. The summed E-state index contributed by atoms with van der Waals surface area (Å²) in [5.74, 6) is -2.59. The molecule has 0 spiro atoms. The fourth-order valence-electron chi connectivity index (χ4n) is 5.19. The van der Waals surface area contributed by atoms with Crippen molar-refractivity contribution in [3.05, 3.63) is 0 Å². The molecule has 170 valence electrons. The normalized spacial score (nSPS) is 18.3.